The van der Waals surface area contributed by atoms with E-state index in [2.05, 4.69) is 4.98 Å². The van der Waals surface area contributed by atoms with Gasteiger partial charge in [-0.3, -0.25) is 0 Å². The zero-order valence-corrected chi connectivity index (χ0v) is 10.5. The lowest BCUT2D eigenvalue weighted by atomic mass is 10.1. The van der Waals surface area contributed by atoms with E-state index < -0.39 is 0 Å². The van der Waals surface area contributed by atoms with Gasteiger partial charge < -0.3 is 10.5 Å². The molecule has 17 heavy (non-hydrogen) atoms. The minimum absolute atomic E-state index is 0.485. The molecule has 1 aromatic carbocycles. The van der Waals surface area contributed by atoms with Gasteiger partial charge in [0.1, 0.15) is 5.75 Å². The van der Waals surface area contributed by atoms with E-state index in [1.807, 2.05) is 26.0 Å². The van der Waals surface area contributed by atoms with Crippen LogP contribution in [0.1, 0.15) is 11.1 Å². The van der Waals surface area contributed by atoms with E-state index in [0.29, 0.717) is 16.6 Å². The highest BCUT2D eigenvalue weighted by molar-refractivity contribution is 6.30. The number of anilines is 1. The summed E-state index contributed by atoms with van der Waals surface area (Å²) in [7, 11) is 0. The van der Waals surface area contributed by atoms with Gasteiger partial charge in [0.05, 0.1) is 0 Å². The molecule has 0 aliphatic rings. The Bertz CT molecular complexity index is 532. The van der Waals surface area contributed by atoms with Gasteiger partial charge in [0.2, 0.25) is 5.88 Å². The van der Waals surface area contributed by atoms with Crippen LogP contribution in [0.3, 0.4) is 0 Å². The van der Waals surface area contributed by atoms with Gasteiger partial charge in [-0.05, 0) is 43.2 Å². The lowest BCUT2D eigenvalue weighted by Gasteiger charge is -2.11. The van der Waals surface area contributed by atoms with Crippen molar-refractivity contribution in [2.45, 2.75) is 13.8 Å². The van der Waals surface area contributed by atoms with E-state index in [4.69, 9.17) is 22.1 Å². The fourth-order valence-corrected chi connectivity index (χ4v) is 1.97. The quantitative estimate of drug-likeness (QED) is 0.881. The topological polar surface area (TPSA) is 48.1 Å². The van der Waals surface area contributed by atoms with Crippen LogP contribution < -0.4 is 10.5 Å². The summed E-state index contributed by atoms with van der Waals surface area (Å²) in [6, 6.07) is 7.12. The Morgan fingerprint density at radius 3 is 2.41 bits per heavy atom. The largest absolute Gasteiger partial charge is 0.438 e. The second kappa shape index (κ2) is 4.63. The van der Waals surface area contributed by atoms with Crippen molar-refractivity contribution in [2.75, 3.05) is 5.73 Å². The first-order valence-electron chi connectivity index (χ1n) is 5.22. The molecule has 0 aliphatic carbocycles. The second-order valence-corrected chi connectivity index (χ2v) is 4.33. The molecule has 0 spiro atoms. The Morgan fingerprint density at radius 2 is 1.82 bits per heavy atom. The van der Waals surface area contributed by atoms with E-state index in [-0.39, 0.29) is 0 Å². The number of rotatable bonds is 2. The first-order valence-corrected chi connectivity index (χ1v) is 5.60. The van der Waals surface area contributed by atoms with Crippen molar-refractivity contribution in [2.24, 2.45) is 0 Å². The maximum Gasteiger partial charge on any atom is 0.221 e. The highest BCUT2D eigenvalue weighted by Crippen LogP contribution is 2.30. The Morgan fingerprint density at radius 1 is 1.18 bits per heavy atom. The molecule has 0 radical (unpaired) electrons. The minimum atomic E-state index is 0.485. The van der Waals surface area contributed by atoms with Crippen LogP contribution in [0.5, 0.6) is 11.6 Å². The molecule has 0 amide bonds. The number of nitrogens with zero attached hydrogens (tertiary/aromatic N) is 1. The molecule has 1 aromatic heterocycles. The normalized spacial score (nSPS) is 10.3. The van der Waals surface area contributed by atoms with Gasteiger partial charge >= 0.3 is 0 Å². The molecule has 1 heterocycles. The highest BCUT2D eigenvalue weighted by atomic mass is 35.5. The molecule has 3 nitrogen and oxygen atoms in total. The maximum absolute atomic E-state index is 5.96. The van der Waals surface area contributed by atoms with Crippen LogP contribution in [0.25, 0.3) is 0 Å². The van der Waals surface area contributed by atoms with Gasteiger partial charge in [0, 0.05) is 23.0 Å². The van der Waals surface area contributed by atoms with Crippen molar-refractivity contribution in [1.29, 1.82) is 0 Å². The Balaban J connectivity index is 2.36. The monoisotopic (exact) mass is 248 g/mol. The van der Waals surface area contributed by atoms with Gasteiger partial charge in [0.15, 0.2) is 0 Å². The molecule has 0 unspecified atom stereocenters. The molecular weight excluding hydrogens is 236 g/mol. The van der Waals surface area contributed by atoms with E-state index in [9.17, 15) is 0 Å². The van der Waals surface area contributed by atoms with Gasteiger partial charge in [-0.1, -0.05) is 11.6 Å². The summed E-state index contributed by atoms with van der Waals surface area (Å²) in [5.41, 5.74) is 8.24. The van der Waals surface area contributed by atoms with Crippen LogP contribution in [-0.4, -0.2) is 4.98 Å². The lowest BCUT2D eigenvalue weighted by Crippen LogP contribution is -1.94. The third-order valence-electron chi connectivity index (χ3n) is 2.39. The Kier molecular flexibility index (Phi) is 3.20. The summed E-state index contributed by atoms with van der Waals surface area (Å²) in [5, 5.41) is 0.702. The molecule has 2 aromatic rings. The van der Waals surface area contributed by atoms with Crippen molar-refractivity contribution in [3.05, 3.63) is 46.6 Å². The van der Waals surface area contributed by atoms with Crippen LogP contribution in [-0.2, 0) is 0 Å². The third-order valence-corrected chi connectivity index (χ3v) is 2.61. The summed E-state index contributed by atoms with van der Waals surface area (Å²) in [6.45, 7) is 3.89. The molecule has 0 aliphatic heterocycles. The number of hydrogen-bond donors (Lipinski definition) is 1. The zero-order valence-electron chi connectivity index (χ0n) is 9.70. The number of hydrogen-bond acceptors (Lipinski definition) is 3. The van der Waals surface area contributed by atoms with Crippen LogP contribution >= 0.6 is 11.6 Å². The molecule has 0 saturated heterocycles. The van der Waals surface area contributed by atoms with Gasteiger partial charge in [0.25, 0.3) is 0 Å². The Hall–Kier alpha value is -1.74. The SMILES string of the molecule is Cc1cc(Cl)cc(C)c1Oc1cc(N)ccn1. The van der Waals surface area contributed by atoms with Crippen LogP contribution in [0.15, 0.2) is 30.5 Å². The van der Waals surface area contributed by atoms with Crippen molar-refractivity contribution < 1.29 is 4.74 Å². The molecule has 0 bridgehead atoms. The molecule has 88 valence electrons. The summed E-state index contributed by atoms with van der Waals surface area (Å²) >= 11 is 5.96. The fraction of sp³-hybridized carbons (Fsp3) is 0.154. The number of aromatic nitrogens is 1. The predicted molar refractivity (Wildman–Crippen MR) is 69.6 cm³/mol. The molecule has 4 heteroatoms. The van der Waals surface area contributed by atoms with Gasteiger partial charge in [-0.15, -0.1) is 0 Å². The van der Waals surface area contributed by atoms with Crippen molar-refractivity contribution in [1.82, 2.24) is 4.98 Å². The van der Waals surface area contributed by atoms with Crippen LogP contribution in [0, 0.1) is 13.8 Å². The minimum Gasteiger partial charge on any atom is -0.438 e. The molecule has 0 saturated carbocycles. The fourth-order valence-electron chi connectivity index (χ4n) is 1.64. The van der Waals surface area contributed by atoms with Crippen LogP contribution in [0.4, 0.5) is 5.69 Å². The first kappa shape index (κ1) is 11.7. The number of aryl methyl sites for hydroxylation is 2. The number of nitrogens with two attached hydrogens (primary N) is 1. The lowest BCUT2D eigenvalue weighted by molar-refractivity contribution is 0.456. The van der Waals surface area contributed by atoms with E-state index >= 15 is 0 Å². The number of pyridine rings is 1. The molecular formula is C13H13ClN2O. The summed E-state index contributed by atoms with van der Waals surface area (Å²) in [4.78, 5) is 4.10. The molecule has 0 atom stereocenters. The average molecular weight is 249 g/mol. The van der Waals surface area contributed by atoms with Crippen molar-refractivity contribution in [3.63, 3.8) is 0 Å². The summed E-state index contributed by atoms with van der Waals surface area (Å²) in [5.74, 6) is 1.26. The molecule has 2 N–H and O–H groups in total. The Labute approximate surface area is 105 Å². The molecule has 0 fully saturated rings. The van der Waals surface area contributed by atoms with Crippen molar-refractivity contribution >= 4 is 17.3 Å². The second-order valence-electron chi connectivity index (χ2n) is 3.90. The number of ether oxygens (including phenoxy) is 1. The van der Waals surface area contributed by atoms with E-state index in [1.54, 1.807) is 18.3 Å². The number of halogens is 1. The maximum atomic E-state index is 5.96. The van der Waals surface area contributed by atoms with E-state index in [0.717, 1.165) is 16.9 Å². The highest BCUT2D eigenvalue weighted by Gasteiger charge is 2.07. The third kappa shape index (κ3) is 2.68. The summed E-state index contributed by atoms with van der Waals surface area (Å²) < 4.78 is 5.73. The zero-order chi connectivity index (χ0) is 12.4. The predicted octanol–water partition coefficient (Wildman–Crippen LogP) is 3.73. The van der Waals surface area contributed by atoms with Gasteiger partial charge in [-0.25, -0.2) is 4.98 Å². The number of benzene rings is 1. The standard InChI is InChI=1S/C13H13ClN2O/c1-8-5-10(14)6-9(2)13(8)17-12-7-11(15)3-4-16-12/h3-7H,1-2H3,(H2,15,16). The number of nitrogen functional groups attached to an aromatic ring is 1. The van der Waals surface area contributed by atoms with Crippen molar-refractivity contribution in [3.8, 4) is 11.6 Å². The van der Waals surface area contributed by atoms with Crippen LogP contribution in [0.2, 0.25) is 5.02 Å². The van der Waals surface area contributed by atoms with Gasteiger partial charge in [-0.2, -0.15) is 0 Å². The smallest absolute Gasteiger partial charge is 0.221 e. The van der Waals surface area contributed by atoms with E-state index in [1.165, 1.54) is 0 Å². The first-order chi connectivity index (χ1) is 8.06. The molecule has 2 rings (SSSR count). The summed E-state index contributed by atoms with van der Waals surface area (Å²) in [6.07, 6.45) is 1.62. The average Bonchev–Trinajstić information content (AvgIpc) is 2.23.